The molecule has 2 nitrogen and oxygen atoms in total. The number of Topliss-reactive ketones (excluding diaryl/α,β-unsaturated/α-hetero) is 1. The van der Waals surface area contributed by atoms with Crippen molar-refractivity contribution in [3.05, 3.63) is 139 Å². The first kappa shape index (κ1) is 26.0. The SMILES string of the molecule is O=C1c2cc(F)c(F)cc2CC1Cc1ccccc1Br.OC12c3ccccc3CC1Cc1cc(F)c(F)cc12. The number of ketones is 1. The summed E-state index contributed by atoms with van der Waals surface area (Å²) in [5, 5.41) is 11.1. The smallest absolute Gasteiger partial charge is 0.166 e. The van der Waals surface area contributed by atoms with E-state index in [4.69, 9.17) is 0 Å². The predicted octanol–water partition coefficient (Wildman–Crippen LogP) is 7.25. The van der Waals surface area contributed by atoms with Crippen LogP contribution < -0.4 is 0 Å². The second-order valence-electron chi connectivity index (χ2n) is 10.4. The first-order valence-electron chi connectivity index (χ1n) is 12.7. The molecule has 0 radical (unpaired) electrons. The third-order valence-electron chi connectivity index (χ3n) is 8.18. The lowest BCUT2D eigenvalue weighted by Gasteiger charge is -2.25. The molecule has 3 atom stereocenters. The van der Waals surface area contributed by atoms with Gasteiger partial charge in [-0.25, -0.2) is 17.6 Å². The molecule has 198 valence electrons. The Morgan fingerprint density at radius 3 is 2.13 bits per heavy atom. The summed E-state index contributed by atoms with van der Waals surface area (Å²) in [6, 6.07) is 19.9. The van der Waals surface area contributed by atoms with E-state index in [-0.39, 0.29) is 17.6 Å². The van der Waals surface area contributed by atoms with Crippen molar-refractivity contribution in [1.82, 2.24) is 0 Å². The van der Waals surface area contributed by atoms with Gasteiger partial charge < -0.3 is 5.11 Å². The zero-order valence-corrected chi connectivity index (χ0v) is 22.2. The molecule has 0 saturated carbocycles. The van der Waals surface area contributed by atoms with Crippen LogP contribution in [0.3, 0.4) is 0 Å². The highest BCUT2D eigenvalue weighted by Crippen LogP contribution is 2.53. The maximum absolute atomic E-state index is 13.5. The van der Waals surface area contributed by atoms with Gasteiger partial charge in [0.25, 0.3) is 0 Å². The highest BCUT2D eigenvalue weighted by molar-refractivity contribution is 9.10. The van der Waals surface area contributed by atoms with Crippen LogP contribution in [0.25, 0.3) is 0 Å². The van der Waals surface area contributed by atoms with Crippen LogP contribution in [0.2, 0.25) is 0 Å². The lowest BCUT2D eigenvalue weighted by molar-refractivity contribution is 0.0439. The number of rotatable bonds is 2. The highest BCUT2D eigenvalue weighted by atomic mass is 79.9. The number of carbonyl (C=O) groups excluding carboxylic acids is 1. The van der Waals surface area contributed by atoms with Crippen LogP contribution in [0.15, 0.2) is 77.3 Å². The minimum absolute atomic E-state index is 0.0129. The molecule has 3 unspecified atom stereocenters. The third kappa shape index (κ3) is 4.32. The van der Waals surface area contributed by atoms with Crippen molar-refractivity contribution in [3.63, 3.8) is 0 Å². The Labute approximate surface area is 231 Å². The van der Waals surface area contributed by atoms with Gasteiger partial charge >= 0.3 is 0 Å². The summed E-state index contributed by atoms with van der Waals surface area (Å²) in [7, 11) is 0. The summed E-state index contributed by atoms with van der Waals surface area (Å²) in [6.07, 6.45) is 2.38. The van der Waals surface area contributed by atoms with Gasteiger partial charge in [-0.3, -0.25) is 4.79 Å². The maximum Gasteiger partial charge on any atom is 0.166 e. The van der Waals surface area contributed by atoms with Crippen LogP contribution >= 0.6 is 15.9 Å². The summed E-state index contributed by atoms with van der Waals surface area (Å²) in [6.45, 7) is 0. The van der Waals surface area contributed by atoms with E-state index in [0.717, 1.165) is 51.3 Å². The number of fused-ring (bicyclic) bond motifs is 6. The van der Waals surface area contributed by atoms with Gasteiger partial charge in [-0.15, -0.1) is 0 Å². The van der Waals surface area contributed by atoms with Gasteiger partial charge in [0.1, 0.15) is 5.60 Å². The molecule has 0 spiro atoms. The lowest BCUT2D eigenvalue weighted by atomic mass is 9.86. The van der Waals surface area contributed by atoms with Crippen LogP contribution in [0.4, 0.5) is 17.6 Å². The molecule has 0 aromatic heterocycles. The van der Waals surface area contributed by atoms with Crippen LogP contribution in [0.5, 0.6) is 0 Å². The number of hydrogen-bond acceptors (Lipinski definition) is 2. The monoisotopic (exact) mass is 594 g/mol. The van der Waals surface area contributed by atoms with Crippen LogP contribution in [0.1, 0.15) is 43.7 Å². The van der Waals surface area contributed by atoms with Crippen molar-refractivity contribution in [2.45, 2.75) is 31.3 Å². The van der Waals surface area contributed by atoms with Crippen molar-refractivity contribution >= 4 is 21.7 Å². The summed E-state index contributed by atoms with van der Waals surface area (Å²) in [5.41, 5.74) is 3.99. The number of hydrogen-bond donors (Lipinski definition) is 1. The molecule has 7 rings (SSSR count). The zero-order chi connectivity index (χ0) is 27.5. The summed E-state index contributed by atoms with van der Waals surface area (Å²) in [5.74, 6) is -3.94. The van der Waals surface area contributed by atoms with Gasteiger partial charge in [-0.2, -0.15) is 0 Å². The first-order valence-corrected chi connectivity index (χ1v) is 13.5. The first-order chi connectivity index (χ1) is 18.7. The second-order valence-corrected chi connectivity index (χ2v) is 11.3. The van der Waals surface area contributed by atoms with Crippen molar-refractivity contribution in [3.8, 4) is 0 Å². The predicted molar refractivity (Wildman–Crippen MR) is 142 cm³/mol. The number of carbonyl (C=O) groups is 1. The van der Waals surface area contributed by atoms with E-state index in [0.29, 0.717) is 36.0 Å². The average Bonchev–Trinajstić information content (AvgIpc) is 3.47. The molecule has 0 aliphatic heterocycles. The fourth-order valence-corrected chi connectivity index (χ4v) is 6.77. The highest BCUT2D eigenvalue weighted by Gasteiger charge is 2.52. The molecule has 4 aromatic rings. The molecule has 3 aliphatic rings. The Morgan fingerprint density at radius 2 is 1.36 bits per heavy atom. The van der Waals surface area contributed by atoms with E-state index < -0.39 is 28.9 Å². The molecule has 3 aliphatic carbocycles. The average molecular weight is 595 g/mol. The minimum atomic E-state index is -1.15. The van der Waals surface area contributed by atoms with E-state index in [1.807, 2.05) is 48.5 Å². The quantitative estimate of drug-likeness (QED) is 0.248. The number of aliphatic hydroxyl groups is 1. The summed E-state index contributed by atoms with van der Waals surface area (Å²) >= 11 is 3.45. The summed E-state index contributed by atoms with van der Waals surface area (Å²) < 4.78 is 54.2. The van der Waals surface area contributed by atoms with Gasteiger partial charge in [-0.05, 0) is 89.4 Å². The number of benzene rings is 4. The van der Waals surface area contributed by atoms with Crippen LogP contribution in [-0.4, -0.2) is 10.9 Å². The van der Waals surface area contributed by atoms with E-state index in [1.165, 1.54) is 6.07 Å². The standard InChI is InChI=1S/C16H11BrF2O.C16H12F2O/c17-13-4-2-1-3-9(13)5-11-6-10-7-14(18)15(19)8-12(10)16(11)20;17-14-7-10-6-11-5-9-3-1-2-4-12(9)16(11,19)13(10)8-15(14)18/h1-4,7-8,11H,5-6H2;1-4,7-8,11,19H,5-6H2. The second kappa shape index (κ2) is 9.72. The van der Waals surface area contributed by atoms with E-state index in [2.05, 4.69) is 15.9 Å². The number of halogens is 5. The molecule has 7 heteroatoms. The van der Waals surface area contributed by atoms with Gasteiger partial charge in [0.05, 0.1) is 0 Å². The molecule has 0 fully saturated rings. The van der Waals surface area contributed by atoms with Gasteiger partial charge in [0.15, 0.2) is 29.1 Å². The normalized spacial score (nSPS) is 22.1. The molecule has 0 heterocycles. The van der Waals surface area contributed by atoms with Crippen LogP contribution in [0, 0.1) is 35.1 Å². The Balaban J connectivity index is 0.000000142. The molecular weight excluding hydrogens is 572 g/mol. The fraction of sp³-hybridized carbons (Fsp3) is 0.219. The van der Waals surface area contributed by atoms with Crippen molar-refractivity contribution < 1.29 is 27.5 Å². The Hall–Kier alpha value is -3.29. The fourth-order valence-electron chi connectivity index (χ4n) is 6.32. The van der Waals surface area contributed by atoms with Crippen molar-refractivity contribution in [1.29, 1.82) is 0 Å². The van der Waals surface area contributed by atoms with Gasteiger partial charge in [0, 0.05) is 21.9 Å². The maximum atomic E-state index is 13.5. The Bertz CT molecular complexity index is 1630. The van der Waals surface area contributed by atoms with Crippen molar-refractivity contribution in [2.75, 3.05) is 0 Å². The van der Waals surface area contributed by atoms with E-state index in [1.54, 1.807) is 0 Å². The Kier molecular flexibility index (Phi) is 6.47. The largest absolute Gasteiger partial charge is 0.380 e. The third-order valence-corrected chi connectivity index (χ3v) is 8.95. The van der Waals surface area contributed by atoms with Crippen molar-refractivity contribution in [2.24, 2.45) is 11.8 Å². The topological polar surface area (TPSA) is 37.3 Å². The molecule has 0 bridgehead atoms. The van der Waals surface area contributed by atoms with Gasteiger partial charge in [0.2, 0.25) is 0 Å². The molecular formula is C32H23BrF4O2. The zero-order valence-electron chi connectivity index (χ0n) is 20.7. The van der Waals surface area contributed by atoms with E-state index in [9.17, 15) is 27.5 Å². The lowest BCUT2D eigenvalue weighted by Crippen LogP contribution is -2.28. The molecule has 4 aromatic carbocycles. The van der Waals surface area contributed by atoms with Crippen LogP contribution in [-0.2, 0) is 31.3 Å². The Morgan fingerprint density at radius 1 is 0.744 bits per heavy atom. The molecule has 0 amide bonds. The molecule has 39 heavy (non-hydrogen) atoms. The molecule has 0 saturated heterocycles. The summed E-state index contributed by atoms with van der Waals surface area (Å²) in [4.78, 5) is 12.3. The van der Waals surface area contributed by atoms with E-state index >= 15 is 0 Å². The van der Waals surface area contributed by atoms with Gasteiger partial charge in [-0.1, -0.05) is 58.4 Å². The minimum Gasteiger partial charge on any atom is -0.380 e. The molecule has 1 N–H and O–H groups in total.